The highest BCUT2D eigenvalue weighted by molar-refractivity contribution is 5.88. The van der Waals surface area contributed by atoms with E-state index in [1.54, 1.807) is 12.1 Å². The summed E-state index contributed by atoms with van der Waals surface area (Å²) in [5.74, 6) is 0.238. The van der Waals surface area contributed by atoms with Gasteiger partial charge in [-0.25, -0.2) is 19.2 Å². The molecule has 2 N–H and O–H groups in total. The highest BCUT2D eigenvalue weighted by Crippen LogP contribution is 2.24. The van der Waals surface area contributed by atoms with Gasteiger partial charge in [0.15, 0.2) is 0 Å². The lowest BCUT2D eigenvalue weighted by Crippen LogP contribution is -2.16. The van der Waals surface area contributed by atoms with Crippen LogP contribution in [0, 0.1) is 12.7 Å². The van der Waals surface area contributed by atoms with E-state index in [0.29, 0.717) is 43.6 Å². The number of hydrogen-bond acceptors (Lipinski definition) is 5. The molecule has 0 aliphatic rings. The number of anilines is 1. The van der Waals surface area contributed by atoms with Crippen LogP contribution in [0.1, 0.15) is 52.5 Å². The SMILES string of the molecule is Cc1ccc(C(C)C)cc1OCCNc1ncc(C(=O)O)c(CCc2ccc(F)cc2)n1. The van der Waals surface area contributed by atoms with Crippen molar-refractivity contribution < 1.29 is 19.0 Å². The molecular formula is C25H28FN3O3. The molecule has 32 heavy (non-hydrogen) atoms. The van der Waals surface area contributed by atoms with Crippen LogP contribution in [0.25, 0.3) is 0 Å². The van der Waals surface area contributed by atoms with Crippen LogP contribution in [0.2, 0.25) is 0 Å². The van der Waals surface area contributed by atoms with Crippen LogP contribution < -0.4 is 10.1 Å². The number of carboxylic acid groups (broad SMARTS) is 1. The van der Waals surface area contributed by atoms with E-state index < -0.39 is 5.97 Å². The normalized spacial score (nSPS) is 10.9. The molecule has 0 bridgehead atoms. The minimum absolute atomic E-state index is 0.0648. The van der Waals surface area contributed by atoms with Crippen molar-refractivity contribution in [2.75, 3.05) is 18.5 Å². The quantitative estimate of drug-likeness (QED) is 0.433. The van der Waals surface area contributed by atoms with Gasteiger partial charge in [-0.1, -0.05) is 38.1 Å². The number of rotatable bonds is 10. The topological polar surface area (TPSA) is 84.3 Å². The fraction of sp³-hybridized carbons (Fsp3) is 0.320. The molecule has 7 heteroatoms. The second-order valence-corrected chi connectivity index (χ2v) is 7.94. The zero-order valence-corrected chi connectivity index (χ0v) is 18.6. The molecule has 0 fully saturated rings. The molecule has 0 atom stereocenters. The van der Waals surface area contributed by atoms with Gasteiger partial charge in [-0.05, 0) is 60.6 Å². The molecule has 2 aromatic carbocycles. The highest BCUT2D eigenvalue weighted by atomic mass is 19.1. The Hall–Kier alpha value is -3.48. The number of ether oxygens (including phenoxy) is 1. The molecular weight excluding hydrogens is 409 g/mol. The fourth-order valence-electron chi connectivity index (χ4n) is 3.24. The molecule has 0 saturated carbocycles. The lowest BCUT2D eigenvalue weighted by molar-refractivity contribution is 0.0694. The summed E-state index contributed by atoms with van der Waals surface area (Å²) in [6, 6.07) is 12.4. The van der Waals surface area contributed by atoms with Crippen LogP contribution in [-0.4, -0.2) is 34.2 Å². The summed E-state index contributed by atoms with van der Waals surface area (Å²) in [6.45, 7) is 7.17. The van der Waals surface area contributed by atoms with Crippen molar-refractivity contribution in [3.05, 3.63) is 82.4 Å². The average Bonchev–Trinajstić information content (AvgIpc) is 2.77. The number of aryl methyl sites for hydroxylation is 3. The molecule has 0 amide bonds. The summed E-state index contributed by atoms with van der Waals surface area (Å²) >= 11 is 0. The van der Waals surface area contributed by atoms with E-state index in [0.717, 1.165) is 16.9 Å². The van der Waals surface area contributed by atoms with Gasteiger partial charge in [0.2, 0.25) is 5.95 Å². The summed E-state index contributed by atoms with van der Waals surface area (Å²) in [4.78, 5) is 20.1. The van der Waals surface area contributed by atoms with Gasteiger partial charge in [0.1, 0.15) is 18.2 Å². The van der Waals surface area contributed by atoms with E-state index >= 15 is 0 Å². The molecule has 0 spiro atoms. The lowest BCUT2D eigenvalue weighted by atomic mass is 10.0. The minimum atomic E-state index is -1.07. The Morgan fingerprint density at radius 1 is 1.16 bits per heavy atom. The molecule has 0 radical (unpaired) electrons. The summed E-state index contributed by atoms with van der Waals surface area (Å²) in [5, 5.41) is 12.5. The summed E-state index contributed by atoms with van der Waals surface area (Å²) in [5.41, 5.74) is 3.69. The van der Waals surface area contributed by atoms with Crippen LogP contribution in [-0.2, 0) is 12.8 Å². The number of carboxylic acids is 1. The van der Waals surface area contributed by atoms with Crippen LogP contribution in [0.5, 0.6) is 5.75 Å². The Morgan fingerprint density at radius 3 is 2.59 bits per heavy atom. The largest absolute Gasteiger partial charge is 0.491 e. The molecule has 3 rings (SSSR count). The zero-order valence-electron chi connectivity index (χ0n) is 18.6. The van der Waals surface area contributed by atoms with Crippen molar-refractivity contribution in [2.24, 2.45) is 0 Å². The van der Waals surface area contributed by atoms with Crippen molar-refractivity contribution in [2.45, 2.75) is 39.5 Å². The van der Waals surface area contributed by atoms with E-state index in [-0.39, 0.29) is 11.4 Å². The van der Waals surface area contributed by atoms with E-state index in [1.165, 1.54) is 23.9 Å². The van der Waals surface area contributed by atoms with E-state index in [4.69, 9.17) is 4.74 Å². The number of hydrogen-bond donors (Lipinski definition) is 2. The monoisotopic (exact) mass is 437 g/mol. The Bertz CT molecular complexity index is 1070. The third-order valence-electron chi connectivity index (χ3n) is 5.18. The second-order valence-electron chi connectivity index (χ2n) is 7.94. The third-order valence-corrected chi connectivity index (χ3v) is 5.18. The van der Waals surface area contributed by atoms with Crippen molar-refractivity contribution in [1.82, 2.24) is 9.97 Å². The molecule has 0 aliphatic carbocycles. The van der Waals surface area contributed by atoms with Gasteiger partial charge in [0.25, 0.3) is 0 Å². The maximum atomic E-state index is 13.1. The van der Waals surface area contributed by atoms with Crippen LogP contribution >= 0.6 is 0 Å². The van der Waals surface area contributed by atoms with Gasteiger partial charge in [-0.3, -0.25) is 0 Å². The van der Waals surface area contributed by atoms with E-state index in [1.807, 2.05) is 6.92 Å². The van der Waals surface area contributed by atoms with Crippen LogP contribution in [0.4, 0.5) is 10.3 Å². The standard InChI is InChI=1S/C25H28FN3O3/c1-16(2)19-8-4-17(3)23(14-19)32-13-12-27-25-28-15-21(24(30)31)22(29-25)11-7-18-5-9-20(26)10-6-18/h4-6,8-10,14-16H,7,11-13H2,1-3H3,(H,30,31)(H,27,28,29). The Kier molecular flexibility index (Phi) is 7.76. The van der Waals surface area contributed by atoms with Crippen LogP contribution in [0.3, 0.4) is 0 Å². The average molecular weight is 438 g/mol. The first kappa shape index (κ1) is 23.2. The smallest absolute Gasteiger partial charge is 0.339 e. The zero-order chi connectivity index (χ0) is 23.1. The summed E-state index contributed by atoms with van der Waals surface area (Å²) < 4.78 is 19.0. The van der Waals surface area contributed by atoms with Gasteiger partial charge >= 0.3 is 5.97 Å². The Labute approximate surface area is 187 Å². The molecule has 0 aliphatic heterocycles. The maximum absolute atomic E-state index is 13.1. The van der Waals surface area contributed by atoms with Crippen molar-refractivity contribution in [3.63, 3.8) is 0 Å². The van der Waals surface area contributed by atoms with E-state index in [9.17, 15) is 14.3 Å². The predicted octanol–water partition coefficient (Wildman–Crippen LogP) is 5.02. The van der Waals surface area contributed by atoms with E-state index in [2.05, 4.69) is 47.3 Å². The molecule has 0 unspecified atom stereocenters. The molecule has 1 heterocycles. The van der Waals surface area contributed by atoms with Gasteiger partial charge in [0.05, 0.1) is 17.8 Å². The minimum Gasteiger partial charge on any atom is -0.491 e. The number of carbonyl (C=O) groups is 1. The van der Waals surface area contributed by atoms with Gasteiger partial charge in [0, 0.05) is 6.20 Å². The van der Waals surface area contributed by atoms with Gasteiger partial charge < -0.3 is 15.2 Å². The summed E-state index contributed by atoms with van der Waals surface area (Å²) in [6.07, 6.45) is 2.27. The van der Waals surface area contributed by atoms with Crippen molar-refractivity contribution >= 4 is 11.9 Å². The molecule has 168 valence electrons. The third kappa shape index (κ3) is 6.26. The second kappa shape index (κ2) is 10.7. The van der Waals surface area contributed by atoms with Crippen molar-refractivity contribution in [1.29, 1.82) is 0 Å². The first-order chi connectivity index (χ1) is 15.3. The summed E-state index contributed by atoms with van der Waals surface area (Å²) in [7, 11) is 0. The first-order valence-electron chi connectivity index (χ1n) is 10.6. The number of halogens is 1. The number of aromatic carboxylic acids is 1. The highest BCUT2D eigenvalue weighted by Gasteiger charge is 2.14. The number of aromatic nitrogens is 2. The van der Waals surface area contributed by atoms with Gasteiger partial charge in [-0.15, -0.1) is 0 Å². The number of benzene rings is 2. The Balaban J connectivity index is 1.60. The fourth-order valence-corrected chi connectivity index (χ4v) is 3.24. The lowest BCUT2D eigenvalue weighted by Gasteiger charge is -2.13. The molecule has 1 aromatic heterocycles. The number of nitrogens with zero attached hydrogens (tertiary/aromatic N) is 2. The molecule has 0 saturated heterocycles. The molecule has 6 nitrogen and oxygen atoms in total. The molecule has 3 aromatic rings. The Morgan fingerprint density at radius 2 is 1.91 bits per heavy atom. The first-order valence-corrected chi connectivity index (χ1v) is 10.6. The van der Waals surface area contributed by atoms with Crippen LogP contribution in [0.15, 0.2) is 48.7 Å². The maximum Gasteiger partial charge on any atom is 0.339 e. The van der Waals surface area contributed by atoms with Crippen molar-refractivity contribution in [3.8, 4) is 5.75 Å². The number of nitrogens with one attached hydrogen (secondary N) is 1. The predicted molar refractivity (Wildman–Crippen MR) is 122 cm³/mol. The van der Waals surface area contributed by atoms with Gasteiger partial charge in [-0.2, -0.15) is 0 Å².